The number of nitrogens with zero attached hydrogens (tertiary/aromatic N) is 3. The molecule has 0 radical (unpaired) electrons. The van der Waals surface area contributed by atoms with Crippen LogP contribution < -0.4 is 15.4 Å². The second kappa shape index (κ2) is 11.5. The summed E-state index contributed by atoms with van der Waals surface area (Å²) in [7, 11) is 3.44. The van der Waals surface area contributed by atoms with E-state index < -0.39 is 0 Å². The Morgan fingerprint density at radius 2 is 2.12 bits per heavy atom. The van der Waals surface area contributed by atoms with Crippen LogP contribution in [0.5, 0.6) is 5.88 Å². The molecule has 0 aliphatic carbocycles. The Morgan fingerprint density at radius 3 is 2.67 bits per heavy atom. The van der Waals surface area contributed by atoms with Gasteiger partial charge in [0.15, 0.2) is 5.96 Å². The standard InChI is InChI=1S/C17H29N5O.HI/c1-4-9-22-10-7-15(8-11-22)21-17(18-2)20-13-14-5-6-16(23-3)19-12-14;/h5-6,12,15H,4,7-11,13H2,1-3H3,(H2,18,20,21);1H. The van der Waals surface area contributed by atoms with E-state index in [0.717, 1.165) is 11.5 Å². The largest absolute Gasteiger partial charge is 0.481 e. The van der Waals surface area contributed by atoms with Gasteiger partial charge in [0.2, 0.25) is 5.88 Å². The fourth-order valence-electron chi connectivity index (χ4n) is 2.83. The quantitative estimate of drug-likeness (QED) is 0.398. The summed E-state index contributed by atoms with van der Waals surface area (Å²) in [6.45, 7) is 6.50. The third kappa shape index (κ3) is 6.80. The van der Waals surface area contributed by atoms with Gasteiger partial charge in [-0.25, -0.2) is 4.98 Å². The van der Waals surface area contributed by atoms with Crippen LogP contribution in [-0.4, -0.2) is 55.7 Å². The van der Waals surface area contributed by atoms with Crippen molar-refractivity contribution in [2.45, 2.75) is 38.8 Å². The molecule has 0 spiro atoms. The van der Waals surface area contributed by atoms with Crippen molar-refractivity contribution >= 4 is 29.9 Å². The topological polar surface area (TPSA) is 61.8 Å². The molecule has 0 amide bonds. The molecule has 1 aromatic heterocycles. The lowest BCUT2D eigenvalue weighted by atomic mass is 10.1. The van der Waals surface area contributed by atoms with Gasteiger partial charge in [-0.15, -0.1) is 24.0 Å². The number of likely N-dealkylation sites (tertiary alicyclic amines) is 1. The number of aliphatic imine (C=N–C) groups is 1. The van der Waals surface area contributed by atoms with Crippen molar-refractivity contribution in [3.05, 3.63) is 23.9 Å². The number of hydrogen-bond acceptors (Lipinski definition) is 4. The van der Waals surface area contributed by atoms with Gasteiger partial charge in [-0.3, -0.25) is 4.99 Å². The van der Waals surface area contributed by atoms with Gasteiger partial charge in [0.1, 0.15) is 0 Å². The zero-order chi connectivity index (χ0) is 16.5. The molecule has 0 atom stereocenters. The number of rotatable bonds is 6. The highest BCUT2D eigenvalue weighted by molar-refractivity contribution is 14.0. The van der Waals surface area contributed by atoms with Crippen molar-refractivity contribution in [3.8, 4) is 5.88 Å². The summed E-state index contributed by atoms with van der Waals surface area (Å²) in [4.78, 5) is 11.1. The van der Waals surface area contributed by atoms with Gasteiger partial charge in [-0.1, -0.05) is 13.0 Å². The Balaban J connectivity index is 0.00000288. The van der Waals surface area contributed by atoms with Crippen LogP contribution in [0.1, 0.15) is 31.7 Å². The van der Waals surface area contributed by atoms with Gasteiger partial charge in [-0.05, 0) is 31.4 Å². The minimum Gasteiger partial charge on any atom is -0.481 e. The van der Waals surface area contributed by atoms with Crippen LogP contribution in [0.2, 0.25) is 0 Å². The van der Waals surface area contributed by atoms with Crippen LogP contribution in [0.15, 0.2) is 23.3 Å². The molecule has 1 saturated heterocycles. The Kier molecular flexibility index (Phi) is 10.0. The highest BCUT2D eigenvalue weighted by Crippen LogP contribution is 2.10. The summed E-state index contributed by atoms with van der Waals surface area (Å²) in [6.07, 6.45) is 5.40. The van der Waals surface area contributed by atoms with Crippen LogP contribution >= 0.6 is 24.0 Å². The minimum absolute atomic E-state index is 0. The first-order valence-electron chi connectivity index (χ1n) is 8.43. The lowest BCUT2D eigenvalue weighted by Crippen LogP contribution is -2.48. The zero-order valence-electron chi connectivity index (χ0n) is 14.9. The molecule has 1 aliphatic rings. The number of guanidine groups is 1. The van der Waals surface area contributed by atoms with Crippen molar-refractivity contribution in [3.63, 3.8) is 0 Å². The monoisotopic (exact) mass is 447 g/mol. The van der Waals surface area contributed by atoms with Crippen LogP contribution in [0.4, 0.5) is 0 Å². The highest BCUT2D eigenvalue weighted by Gasteiger charge is 2.19. The maximum atomic E-state index is 5.07. The van der Waals surface area contributed by atoms with E-state index in [4.69, 9.17) is 4.74 Å². The molecule has 1 aromatic rings. The van der Waals surface area contributed by atoms with Crippen LogP contribution in [-0.2, 0) is 6.54 Å². The molecule has 0 bridgehead atoms. The van der Waals surface area contributed by atoms with Crippen LogP contribution in [0.25, 0.3) is 0 Å². The van der Waals surface area contributed by atoms with Gasteiger partial charge >= 0.3 is 0 Å². The number of halogens is 1. The van der Waals surface area contributed by atoms with Crippen LogP contribution in [0.3, 0.4) is 0 Å². The second-order valence-electron chi connectivity index (χ2n) is 5.89. The Bertz CT molecular complexity index is 486. The van der Waals surface area contributed by atoms with Crippen molar-refractivity contribution in [1.29, 1.82) is 0 Å². The van der Waals surface area contributed by atoms with E-state index in [2.05, 4.69) is 32.4 Å². The summed E-state index contributed by atoms with van der Waals surface area (Å²) in [5.74, 6) is 1.49. The maximum absolute atomic E-state index is 5.07. The van der Waals surface area contributed by atoms with Crippen molar-refractivity contribution < 1.29 is 4.74 Å². The molecule has 136 valence electrons. The number of piperidine rings is 1. The Labute approximate surface area is 162 Å². The SMILES string of the molecule is CCCN1CCC(NC(=NC)NCc2ccc(OC)nc2)CC1.I. The fourth-order valence-corrected chi connectivity index (χ4v) is 2.83. The number of nitrogens with one attached hydrogen (secondary N) is 2. The number of ether oxygens (including phenoxy) is 1. The number of methoxy groups -OCH3 is 1. The Morgan fingerprint density at radius 1 is 1.38 bits per heavy atom. The first-order chi connectivity index (χ1) is 11.2. The molecule has 6 nitrogen and oxygen atoms in total. The van der Waals surface area contributed by atoms with Gasteiger partial charge in [0.05, 0.1) is 7.11 Å². The molecule has 2 heterocycles. The molecule has 2 rings (SSSR count). The molecule has 0 aromatic carbocycles. The average Bonchev–Trinajstić information content (AvgIpc) is 2.60. The third-order valence-electron chi connectivity index (χ3n) is 4.16. The Hall–Kier alpha value is -1.09. The van der Waals surface area contributed by atoms with Crippen molar-refractivity contribution in [2.75, 3.05) is 33.8 Å². The normalized spacial score (nSPS) is 16.4. The summed E-state index contributed by atoms with van der Waals surface area (Å²) in [6, 6.07) is 4.38. The van der Waals surface area contributed by atoms with E-state index in [-0.39, 0.29) is 24.0 Å². The molecule has 1 fully saturated rings. The van der Waals surface area contributed by atoms with Gasteiger partial charge in [0, 0.05) is 45.0 Å². The van der Waals surface area contributed by atoms with Crippen molar-refractivity contribution in [2.24, 2.45) is 4.99 Å². The van der Waals surface area contributed by atoms with Crippen LogP contribution in [0, 0.1) is 0 Å². The molecular weight excluding hydrogens is 417 g/mol. The summed E-state index contributed by atoms with van der Waals surface area (Å²) >= 11 is 0. The van der Waals surface area contributed by atoms with E-state index in [1.165, 1.54) is 38.9 Å². The van der Waals surface area contributed by atoms with E-state index in [1.807, 2.05) is 25.4 Å². The number of hydrogen-bond donors (Lipinski definition) is 2. The van der Waals surface area contributed by atoms with E-state index in [1.54, 1.807) is 7.11 Å². The fraction of sp³-hybridized carbons (Fsp3) is 0.647. The van der Waals surface area contributed by atoms with E-state index >= 15 is 0 Å². The van der Waals surface area contributed by atoms with E-state index in [0.29, 0.717) is 18.5 Å². The number of pyridine rings is 1. The van der Waals surface area contributed by atoms with Gasteiger partial charge in [-0.2, -0.15) is 0 Å². The summed E-state index contributed by atoms with van der Waals surface area (Å²) in [5.41, 5.74) is 1.10. The minimum atomic E-state index is 0. The first kappa shape index (κ1) is 21.0. The zero-order valence-corrected chi connectivity index (χ0v) is 17.2. The second-order valence-corrected chi connectivity index (χ2v) is 5.89. The van der Waals surface area contributed by atoms with E-state index in [9.17, 15) is 0 Å². The maximum Gasteiger partial charge on any atom is 0.212 e. The molecule has 2 N–H and O–H groups in total. The molecule has 7 heteroatoms. The first-order valence-corrected chi connectivity index (χ1v) is 8.43. The lowest BCUT2D eigenvalue weighted by molar-refractivity contribution is 0.206. The van der Waals surface area contributed by atoms with Gasteiger partial charge in [0.25, 0.3) is 0 Å². The average molecular weight is 447 g/mol. The van der Waals surface area contributed by atoms with Crippen molar-refractivity contribution in [1.82, 2.24) is 20.5 Å². The highest BCUT2D eigenvalue weighted by atomic mass is 127. The summed E-state index contributed by atoms with van der Waals surface area (Å²) < 4.78 is 5.07. The molecular formula is C17H30IN5O. The predicted molar refractivity (Wildman–Crippen MR) is 109 cm³/mol. The molecule has 0 saturated carbocycles. The predicted octanol–water partition coefficient (Wildman–Crippen LogP) is 2.25. The lowest BCUT2D eigenvalue weighted by Gasteiger charge is -2.32. The third-order valence-corrected chi connectivity index (χ3v) is 4.16. The van der Waals surface area contributed by atoms with Gasteiger partial charge < -0.3 is 20.3 Å². The smallest absolute Gasteiger partial charge is 0.212 e. The number of aromatic nitrogens is 1. The molecule has 24 heavy (non-hydrogen) atoms. The summed E-state index contributed by atoms with van der Waals surface area (Å²) in [5, 5.41) is 6.88. The molecule has 0 unspecified atom stereocenters. The molecule has 1 aliphatic heterocycles.